The number of hydrogen-bond donors (Lipinski definition) is 1. The predicted octanol–water partition coefficient (Wildman–Crippen LogP) is 1.63. The van der Waals surface area contributed by atoms with Crippen molar-refractivity contribution in [2.45, 2.75) is 45.3 Å². The number of hydrogen-bond acceptors (Lipinski definition) is 4. The number of rotatable bonds is 5. The van der Waals surface area contributed by atoms with E-state index in [4.69, 9.17) is 9.15 Å². The molecule has 1 amide bonds. The third-order valence-electron chi connectivity index (χ3n) is 3.99. The highest BCUT2D eigenvalue weighted by Crippen LogP contribution is 2.24. The number of ether oxygens (including phenoxy) is 1. The minimum absolute atomic E-state index is 0.0117. The van der Waals surface area contributed by atoms with E-state index in [1.807, 2.05) is 19.9 Å². The summed E-state index contributed by atoms with van der Waals surface area (Å²) in [5.41, 5.74) is 1.08. The molecule has 20 heavy (non-hydrogen) atoms. The molecule has 0 aliphatic carbocycles. The zero-order valence-corrected chi connectivity index (χ0v) is 12.4. The molecule has 0 radical (unpaired) electrons. The standard InChI is InChI=1S/C15H23NO4/c1-4-10-6-14(20-13(10)5-2)15(18)16-8-12(19-3)7-11(16)9-17/h6,11-12,17H,4-5,7-9H2,1-3H3/t11-,12+/m0/s1. The topological polar surface area (TPSA) is 62.9 Å². The van der Waals surface area contributed by atoms with Gasteiger partial charge in [0.05, 0.1) is 18.8 Å². The van der Waals surface area contributed by atoms with Gasteiger partial charge >= 0.3 is 0 Å². The maximum atomic E-state index is 12.5. The highest BCUT2D eigenvalue weighted by molar-refractivity contribution is 5.92. The van der Waals surface area contributed by atoms with Gasteiger partial charge in [-0.15, -0.1) is 0 Å². The molecule has 0 aromatic carbocycles. The van der Waals surface area contributed by atoms with Crippen LogP contribution in [0.15, 0.2) is 10.5 Å². The lowest BCUT2D eigenvalue weighted by molar-refractivity contribution is 0.0615. The quantitative estimate of drug-likeness (QED) is 0.891. The van der Waals surface area contributed by atoms with Crippen molar-refractivity contribution >= 4 is 5.91 Å². The number of aryl methyl sites for hydroxylation is 2. The van der Waals surface area contributed by atoms with Crippen molar-refractivity contribution in [2.24, 2.45) is 0 Å². The first-order valence-electron chi connectivity index (χ1n) is 7.20. The molecule has 1 aromatic heterocycles. The predicted molar refractivity (Wildman–Crippen MR) is 74.8 cm³/mol. The molecule has 1 fully saturated rings. The van der Waals surface area contributed by atoms with Crippen LogP contribution in [0.2, 0.25) is 0 Å². The van der Waals surface area contributed by atoms with Crippen LogP contribution in [0.4, 0.5) is 0 Å². The molecule has 2 rings (SSSR count). The fraction of sp³-hybridized carbons (Fsp3) is 0.667. The van der Waals surface area contributed by atoms with Crippen LogP contribution < -0.4 is 0 Å². The molecule has 0 spiro atoms. The number of likely N-dealkylation sites (tertiary alicyclic amines) is 1. The van der Waals surface area contributed by atoms with Crippen molar-refractivity contribution in [3.05, 3.63) is 23.2 Å². The van der Waals surface area contributed by atoms with E-state index in [-0.39, 0.29) is 24.7 Å². The highest BCUT2D eigenvalue weighted by Gasteiger charge is 2.36. The van der Waals surface area contributed by atoms with Crippen molar-refractivity contribution in [1.82, 2.24) is 4.90 Å². The summed E-state index contributed by atoms with van der Waals surface area (Å²) in [5, 5.41) is 9.42. The molecule has 0 bridgehead atoms. The van der Waals surface area contributed by atoms with Gasteiger partial charge in [-0.1, -0.05) is 13.8 Å². The highest BCUT2D eigenvalue weighted by atomic mass is 16.5. The van der Waals surface area contributed by atoms with Gasteiger partial charge in [-0.3, -0.25) is 4.79 Å². The molecule has 2 heterocycles. The first-order chi connectivity index (χ1) is 9.64. The number of furan rings is 1. The van der Waals surface area contributed by atoms with Gasteiger partial charge in [-0.25, -0.2) is 0 Å². The van der Waals surface area contributed by atoms with E-state index in [9.17, 15) is 9.90 Å². The molecule has 5 nitrogen and oxygen atoms in total. The molecule has 0 saturated carbocycles. The first-order valence-corrected chi connectivity index (χ1v) is 7.20. The van der Waals surface area contributed by atoms with Crippen molar-refractivity contribution in [3.63, 3.8) is 0 Å². The lowest BCUT2D eigenvalue weighted by Gasteiger charge is -2.21. The number of aliphatic hydroxyl groups excluding tert-OH is 1. The SMILES string of the molecule is CCc1cc(C(=O)N2C[C@H](OC)C[C@H]2CO)oc1CC. The largest absolute Gasteiger partial charge is 0.456 e. The van der Waals surface area contributed by atoms with E-state index in [2.05, 4.69) is 0 Å². The van der Waals surface area contributed by atoms with E-state index < -0.39 is 0 Å². The van der Waals surface area contributed by atoms with Crippen molar-refractivity contribution in [1.29, 1.82) is 0 Å². The minimum Gasteiger partial charge on any atom is -0.456 e. The maximum Gasteiger partial charge on any atom is 0.289 e. The Kier molecular flexibility index (Phi) is 4.83. The number of carbonyl (C=O) groups is 1. The molecule has 5 heteroatoms. The number of amides is 1. The molecule has 2 atom stereocenters. The Labute approximate surface area is 119 Å². The normalized spacial score (nSPS) is 22.5. The summed E-state index contributed by atoms with van der Waals surface area (Å²) < 4.78 is 11.0. The average Bonchev–Trinajstić information content (AvgIpc) is 3.09. The van der Waals surface area contributed by atoms with Gasteiger partial charge in [0.1, 0.15) is 5.76 Å². The summed E-state index contributed by atoms with van der Waals surface area (Å²) in [5.74, 6) is 1.09. The molecular formula is C15H23NO4. The van der Waals surface area contributed by atoms with Crippen LogP contribution in [0.25, 0.3) is 0 Å². The zero-order chi connectivity index (χ0) is 14.7. The molecular weight excluding hydrogens is 258 g/mol. The summed E-state index contributed by atoms with van der Waals surface area (Å²) in [4.78, 5) is 14.2. The number of nitrogens with zero attached hydrogens (tertiary/aromatic N) is 1. The first kappa shape index (κ1) is 15.1. The van der Waals surface area contributed by atoms with Gasteiger partial charge in [0.2, 0.25) is 0 Å². The van der Waals surface area contributed by atoms with Gasteiger partial charge in [-0.05, 0) is 24.5 Å². The Morgan fingerprint density at radius 1 is 1.50 bits per heavy atom. The molecule has 1 saturated heterocycles. The fourth-order valence-electron chi connectivity index (χ4n) is 2.78. The Morgan fingerprint density at radius 3 is 2.75 bits per heavy atom. The smallest absolute Gasteiger partial charge is 0.289 e. The van der Waals surface area contributed by atoms with Crippen LogP contribution in [-0.2, 0) is 17.6 Å². The molecule has 1 aliphatic heterocycles. The number of aliphatic hydroxyl groups is 1. The van der Waals surface area contributed by atoms with Gasteiger partial charge in [-0.2, -0.15) is 0 Å². The zero-order valence-electron chi connectivity index (χ0n) is 12.4. The van der Waals surface area contributed by atoms with Crippen molar-refractivity contribution < 1.29 is 19.1 Å². The minimum atomic E-state index is -0.187. The van der Waals surface area contributed by atoms with Crippen LogP contribution in [-0.4, -0.2) is 48.3 Å². The van der Waals surface area contributed by atoms with Crippen molar-refractivity contribution in [2.75, 3.05) is 20.3 Å². The summed E-state index contributed by atoms with van der Waals surface area (Å²) in [6.07, 6.45) is 2.29. The van der Waals surface area contributed by atoms with Crippen LogP contribution in [0.3, 0.4) is 0 Å². The second kappa shape index (κ2) is 6.41. The Morgan fingerprint density at radius 2 is 2.25 bits per heavy atom. The molecule has 1 aliphatic rings. The van der Waals surface area contributed by atoms with Crippen LogP contribution in [0.5, 0.6) is 0 Å². The lowest BCUT2D eigenvalue weighted by Crippen LogP contribution is -2.37. The average molecular weight is 281 g/mol. The Bertz CT molecular complexity index is 447. The van der Waals surface area contributed by atoms with E-state index >= 15 is 0 Å². The number of carbonyl (C=O) groups excluding carboxylic acids is 1. The molecule has 0 unspecified atom stereocenters. The third-order valence-corrected chi connectivity index (χ3v) is 3.99. The van der Waals surface area contributed by atoms with Crippen LogP contribution in [0, 0.1) is 0 Å². The monoisotopic (exact) mass is 281 g/mol. The molecule has 1 N–H and O–H groups in total. The summed E-state index contributed by atoms with van der Waals surface area (Å²) in [6, 6.07) is 1.64. The third kappa shape index (κ3) is 2.74. The summed E-state index contributed by atoms with van der Waals surface area (Å²) in [6.45, 7) is 4.52. The summed E-state index contributed by atoms with van der Waals surface area (Å²) >= 11 is 0. The van der Waals surface area contributed by atoms with Crippen LogP contribution >= 0.6 is 0 Å². The summed E-state index contributed by atoms with van der Waals surface area (Å²) in [7, 11) is 1.63. The van der Waals surface area contributed by atoms with Gasteiger partial charge in [0, 0.05) is 20.1 Å². The second-order valence-electron chi connectivity index (χ2n) is 5.15. The van der Waals surface area contributed by atoms with Gasteiger partial charge in [0.25, 0.3) is 5.91 Å². The van der Waals surface area contributed by atoms with Gasteiger partial charge in [0.15, 0.2) is 5.76 Å². The fourth-order valence-corrected chi connectivity index (χ4v) is 2.78. The van der Waals surface area contributed by atoms with Crippen molar-refractivity contribution in [3.8, 4) is 0 Å². The maximum absolute atomic E-state index is 12.5. The van der Waals surface area contributed by atoms with E-state index in [0.717, 1.165) is 24.2 Å². The Hall–Kier alpha value is -1.33. The van der Waals surface area contributed by atoms with E-state index in [0.29, 0.717) is 18.7 Å². The Balaban J connectivity index is 2.20. The molecule has 112 valence electrons. The van der Waals surface area contributed by atoms with Crippen LogP contribution in [0.1, 0.15) is 42.1 Å². The second-order valence-corrected chi connectivity index (χ2v) is 5.15. The van der Waals surface area contributed by atoms with E-state index in [1.54, 1.807) is 12.0 Å². The van der Waals surface area contributed by atoms with Gasteiger partial charge < -0.3 is 19.2 Å². The number of methoxy groups -OCH3 is 1. The lowest BCUT2D eigenvalue weighted by atomic mass is 10.1. The van der Waals surface area contributed by atoms with E-state index in [1.165, 1.54) is 0 Å². The molecule has 1 aromatic rings.